The van der Waals surface area contributed by atoms with E-state index in [4.69, 9.17) is 0 Å². The lowest BCUT2D eigenvalue weighted by atomic mass is 10.1. The molecule has 2 aromatic heterocycles. The molecule has 0 saturated carbocycles. The monoisotopic (exact) mass is 309 g/mol. The Morgan fingerprint density at radius 1 is 1.09 bits per heavy atom. The van der Waals surface area contributed by atoms with Crippen molar-refractivity contribution in [1.82, 2.24) is 15.3 Å². The van der Waals surface area contributed by atoms with Crippen molar-refractivity contribution in [2.24, 2.45) is 0 Å². The molecule has 4 nitrogen and oxygen atoms in total. The van der Waals surface area contributed by atoms with E-state index in [-0.39, 0.29) is 5.91 Å². The zero-order chi connectivity index (χ0) is 15.2. The Kier molecular flexibility index (Phi) is 4.56. The van der Waals surface area contributed by atoms with Crippen molar-refractivity contribution in [3.05, 3.63) is 70.8 Å². The quantitative estimate of drug-likeness (QED) is 0.788. The molecule has 0 fully saturated rings. The summed E-state index contributed by atoms with van der Waals surface area (Å²) in [5, 5.41) is 5.80. The molecule has 1 amide bonds. The van der Waals surface area contributed by atoms with Gasteiger partial charge in [-0.1, -0.05) is 30.3 Å². The molecule has 0 aliphatic rings. The van der Waals surface area contributed by atoms with E-state index in [1.54, 1.807) is 23.7 Å². The molecule has 1 N–H and O–H groups in total. The molecule has 0 radical (unpaired) electrons. The molecule has 110 valence electrons. The fourth-order valence-electron chi connectivity index (χ4n) is 2.07. The first-order chi connectivity index (χ1) is 10.8. The maximum absolute atomic E-state index is 11.9. The standard InChI is InChI=1S/C17H15N3OS/c21-16(10-13-4-2-1-3-5-13)19-11-17-20-15(12-22-17)14-6-8-18-9-7-14/h1-9,12H,10-11H2,(H,19,21). The molecule has 0 aliphatic heterocycles. The van der Waals surface area contributed by atoms with Gasteiger partial charge in [-0.05, 0) is 17.7 Å². The van der Waals surface area contributed by atoms with Crippen molar-refractivity contribution in [2.45, 2.75) is 13.0 Å². The van der Waals surface area contributed by atoms with Crippen molar-refractivity contribution in [1.29, 1.82) is 0 Å². The third-order valence-corrected chi connectivity index (χ3v) is 4.02. The second kappa shape index (κ2) is 6.95. The van der Waals surface area contributed by atoms with Crippen LogP contribution in [-0.4, -0.2) is 15.9 Å². The van der Waals surface area contributed by atoms with Crippen LogP contribution in [0, 0.1) is 0 Å². The van der Waals surface area contributed by atoms with Crippen LogP contribution in [0.1, 0.15) is 10.6 Å². The summed E-state index contributed by atoms with van der Waals surface area (Å²) in [6.07, 6.45) is 3.88. The van der Waals surface area contributed by atoms with Crippen molar-refractivity contribution in [3.63, 3.8) is 0 Å². The van der Waals surface area contributed by atoms with E-state index in [9.17, 15) is 4.79 Å². The van der Waals surface area contributed by atoms with Crippen LogP contribution in [0.2, 0.25) is 0 Å². The third kappa shape index (κ3) is 3.77. The summed E-state index contributed by atoms with van der Waals surface area (Å²) < 4.78 is 0. The smallest absolute Gasteiger partial charge is 0.224 e. The first kappa shape index (κ1) is 14.4. The number of aromatic nitrogens is 2. The number of rotatable bonds is 5. The molecule has 3 rings (SSSR count). The van der Waals surface area contributed by atoms with Gasteiger partial charge < -0.3 is 5.32 Å². The van der Waals surface area contributed by atoms with Crippen LogP contribution < -0.4 is 5.32 Å². The van der Waals surface area contributed by atoms with Crippen molar-refractivity contribution < 1.29 is 4.79 Å². The average molecular weight is 309 g/mol. The zero-order valence-electron chi connectivity index (χ0n) is 11.9. The number of carbonyl (C=O) groups is 1. The van der Waals surface area contributed by atoms with Gasteiger partial charge in [0.15, 0.2) is 0 Å². The minimum absolute atomic E-state index is 0.00635. The Bertz CT molecular complexity index is 741. The molecule has 22 heavy (non-hydrogen) atoms. The Balaban J connectivity index is 1.56. The van der Waals surface area contributed by atoms with Crippen LogP contribution in [0.3, 0.4) is 0 Å². The largest absolute Gasteiger partial charge is 0.349 e. The van der Waals surface area contributed by atoms with Crippen LogP contribution in [0.5, 0.6) is 0 Å². The highest BCUT2D eigenvalue weighted by molar-refractivity contribution is 7.09. The highest BCUT2D eigenvalue weighted by Crippen LogP contribution is 2.20. The van der Waals surface area contributed by atoms with Gasteiger partial charge >= 0.3 is 0 Å². The molecule has 0 spiro atoms. The average Bonchev–Trinajstić information content (AvgIpc) is 3.04. The van der Waals surface area contributed by atoms with Crippen LogP contribution in [-0.2, 0) is 17.8 Å². The van der Waals surface area contributed by atoms with E-state index in [0.29, 0.717) is 13.0 Å². The zero-order valence-corrected chi connectivity index (χ0v) is 12.7. The minimum Gasteiger partial charge on any atom is -0.349 e. The van der Waals surface area contributed by atoms with Gasteiger partial charge in [0, 0.05) is 23.3 Å². The van der Waals surface area contributed by atoms with Gasteiger partial charge in [-0.25, -0.2) is 4.98 Å². The normalized spacial score (nSPS) is 10.4. The molecular weight excluding hydrogens is 294 g/mol. The Morgan fingerprint density at radius 3 is 2.64 bits per heavy atom. The lowest BCUT2D eigenvalue weighted by Gasteiger charge is -2.03. The van der Waals surface area contributed by atoms with E-state index >= 15 is 0 Å². The summed E-state index contributed by atoms with van der Waals surface area (Å²) in [5.41, 5.74) is 2.96. The van der Waals surface area contributed by atoms with Crippen molar-refractivity contribution in [2.75, 3.05) is 0 Å². The molecule has 0 atom stereocenters. The van der Waals surface area contributed by atoms with Crippen LogP contribution in [0.15, 0.2) is 60.2 Å². The first-order valence-corrected chi connectivity index (χ1v) is 7.84. The van der Waals surface area contributed by atoms with Crippen molar-refractivity contribution >= 4 is 17.2 Å². The lowest BCUT2D eigenvalue weighted by molar-refractivity contribution is -0.120. The maximum Gasteiger partial charge on any atom is 0.224 e. The minimum atomic E-state index is 0.00635. The molecule has 1 aromatic carbocycles. The second-order valence-corrected chi connectivity index (χ2v) is 5.74. The molecular formula is C17H15N3OS. The summed E-state index contributed by atoms with van der Waals surface area (Å²) >= 11 is 1.55. The molecule has 0 unspecified atom stereocenters. The summed E-state index contributed by atoms with van der Waals surface area (Å²) in [4.78, 5) is 20.5. The topological polar surface area (TPSA) is 54.9 Å². The number of benzene rings is 1. The lowest BCUT2D eigenvalue weighted by Crippen LogP contribution is -2.24. The molecule has 5 heteroatoms. The van der Waals surface area contributed by atoms with Gasteiger partial charge in [0.2, 0.25) is 5.91 Å². The fourth-order valence-corrected chi connectivity index (χ4v) is 2.81. The van der Waals surface area contributed by atoms with Gasteiger partial charge in [0.1, 0.15) is 5.01 Å². The summed E-state index contributed by atoms with van der Waals surface area (Å²) in [7, 11) is 0. The van der Waals surface area contributed by atoms with Gasteiger partial charge in [-0.3, -0.25) is 9.78 Å². The third-order valence-electron chi connectivity index (χ3n) is 3.17. The Hall–Kier alpha value is -2.53. The highest BCUT2D eigenvalue weighted by Gasteiger charge is 2.07. The fraction of sp³-hybridized carbons (Fsp3) is 0.118. The number of carbonyl (C=O) groups excluding carboxylic acids is 1. The predicted octanol–water partition coefficient (Wildman–Crippen LogP) is 3.06. The number of pyridine rings is 1. The summed E-state index contributed by atoms with van der Waals surface area (Å²) in [5.74, 6) is 0.00635. The van der Waals surface area contributed by atoms with Gasteiger partial charge in [-0.15, -0.1) is 11.3 Å². The summed E-state index contributed by atoms with van der Waals surface area (Å²) in [6.45, 7) is 0.460. The Morgan fingerprint density at radius 2 is 1.86 bits per heavy atom. The maximum atomic E-state index is 11.9. The number of hydrogen-bond donors (Lipinski definition) is 1. The molecule has 0 saturated heterocycles. The molecule has 2 heterocycles. The van der Waals surface area contributed by atoms with Crippen LogP contribution >= 0.6 is 11.3 Å². The number of thiazole rings is 1. The van der Waals surface area contributed by atoms with E-state index in [0.717, 1.165) is 21.8 Å². The van der Waals surface area contributed by atoms with E-state index in [2.05, 4.69) is 15.3 Å². The van der Waals surface area contributed by atoms with E-state index in [1.807, 2.05) is 47.8 Å². The molecule has 0 bridgehead atoms. The second-order valence-electron chi connectivity index (χ2n) is 4.80. The number of hydrogen-bond acceptors (Lipinski definition) is 4. The number of nitrogens with zero attached hydrogens (tertiary/aromatic N) is 2. The van der Waals surface area contributed by atoms with E-state index in [1.165, 1.54) is 0 Å². The SMILES string of the molecule is O=C(Cc1ccccc1)NCc1nc(-c2ccncc2)cs1. The van der Waals surface area contributed by atoms with Crippen LogP contribution in [0.25, 0.3) is 11.3 Å². The summed E-state index contributed by atoms with van der Waals surface area (Å²) in [6, 6.07) is 13.6. The number of amides is 1. The van der Waals surface area contributed by atoms with Crippen LogP contribution in [0.4, 0.5) is 0 Å². The van der Waals surface area contributed by atoms with Gasteiger partial charge in [0.05, 0.1) is 18.7 Å². The molecule has 3 aromatic rings. The highest BCUT2D eigenvalue weighted by atomic mass is 32.1. The first-order valence-electron chi connectivity index (χ1n) is 6.97. The number of nitrogens with one attached hydrogen (secondary N) is 1. The van der Waals surface area contributed by atoms with E-state index < -0.39 is 0 Å². The van der Waals surface area contributed by atoms with Gasteiger partial charge in [-0.2, -0.15) is 0 Å². The molecule has 0 aliphatic carbocycles. The Labute approximate surface area is 132 Å². The predicted molar refractivity (Wildman–Crippen MR) is 87.3 cm³/mol. The van der Waals surface area contributed by atoms with Gasteiger partial charge in [0.25, 0.3) is 0 Å². The van der Waals surface area contributed by atoms with Crippen molar-refractivity contribution in [3.8, 4) is 11.3 Å².